The maximum atomic E-state index is 5.90. The molecule has 0 atom stereocenters. The molecule has 2 aromatic carbocycles. The Morgan fingerprint density at radius 1 is 0.810 bits per heavy atom. The van der Waals surface area contributed by atoms with E-state index in [1.54, 1.807) is 0 Å². The van der Waals surface area contributed by atoms with Crippen LogP contribution < -0.4 is 10.5 Å². The van der Waals surface area contributed by atoms with Gasteiger partial charge in [-0.1, -0.05) is 56.3 Å². The number of benzene rings is 2. The van der Waals surface area contributed by atoms with E-state index in [1.807, 2.05) is 32.0 Å². The Hall–Kier alpha value is -1.80. The molecule has 2 aromatic rings. The van der Waals surface area contributed by atoms with Gasteiger partial charge in [-0.2, -0.15) is 0 Å². The number of rotatable bonds is 5. The van der Waals surface area contributed by atoms with Gasteiger partial charge in [0.1, 0.15) is 11.4 Å². The van der Waals surface area contributed by atoms with Gasteiger partial charge >= 0.3 is 0 Å². The predicted octanol–water partition coefficient (Wildman–Crippen LogP) is 4.13. The first-order chi connectivity index (χ1) is 9.85. The van der Waals surface area contributed by atoms with Crippen LogP contribution in [0.4, 0.5) is 0 Å². The van der Waals surface area contributed by atoms with Gasteiger partial charge in [-0.3, -0.25) is 0 Å². The number of hydrogen-bond donors (Lipinski definition) is 1. The van der Waals surface area contributed by atoms with Gasteiger partial charge in [0.2, 0.25) is 0 Å². The highest BCUT2D eigenvalue weighted by atomic mass is 16.5. The van der Waals surface area contributed by atoms with Gasteiger partial charge in [0, 0.05) is 12.0 Å². The lowest BCUT2D eigenvalue weighted by molar-refractivity contribution is 0.119. The van der Waals surface area contributed by atoms with E-state index in [0.717, 1.165) is 5.75 Å². The van der Waals surface area contributed by atoms with Crippen LogP contribution in [0.2, 0.25) is 0 Å². The largest absolute Gasteiger partial charge is 0.487 e. The van der Waals surface area contributed by atoms with Crippen LogP contribution in [0.5, 0.6) is 5.75 Å². The van der Waals surface area contributed by atoms with Crippen molar-refractivity contribution in [2.75, 3.05) is 6.54 Å². The maximum absolute atomic E-state index is 5.90. The van der Waals surface area contributed by atoms with Crippen molar-refractivity contribution < 1.29 is 4.74 Å². The average Bonchev–Trinajstić information content (AvgIpc) is 2.48. The highest BCUT2D eigenvalue weighted by Gasteiger charge is 2.23. The molecule has 0 unspecified atom stereocenters. The molecule has 0 saturated heterocycles. The second-order valence-electron chi connectivity index (χ2n) is 6.58. The van der Waals surface area contributed by atoms with Crippen molar-refractivity contribution >= 4 is 0 Å². The lowest BCUT2D eigenvalue weighted by atomic mass is 9.78. The molecule has 0 heterocycles. The fraction of sp³-hybridized carbons (Fsp3) is 0.368. The van der Waals surface area contributed by atoms with Crippen LogP contribution in [0, 0.1) is 0 Å². The Kier molecular flexibility index (Phi) is 4.38. The average molecular weight is 283 g/mol. The summed E-state index contributed by atoms with van der Waals surface area (Å²) in [6.45, 7) is 8.96. The standard InChI is InChI=1S/C19H25NO/c1-18(2,14-20)21-17-12-10-16(11-13-17)19(3,4)15-8-6-5-7-9-15/h5-13H,14,20H2,1-4H3. The smallest absolute Gasteiger partial charge is 0.120 e. The van der Waals surface area contributed by atoms with E-state index in [-0.39, 0.29) is 11.0 Å². The third kappa shape index (κ3) is 3.64. The molecule has 21 heavy (non-hydrogen) atoms. The minimum Gasteiger partial charge on any atom is -0.487 e. The molecular weight excluding hydrogens is 258 g/mol. The first-order valence-electron chi connectivity index (χ1n) is 7.40. The second kappa shape index (κ2) is 5.90. The van der Waals surface area contributed by atoms with Gasteiger partial charge in [0.15, 0.2) is 0 Å². The lowest BCUT2D eigenvalue weighted by Gasteiger charge is -2.28. The monoisotopic (exact) mass is 283 g/mol. The van der Waals surface area contributed by atoms with E-state index in [1.165, 1.54) is 11.1 Å². The molecule has 2 rings (SSSR count). The van der Waals surface area contributed by atoms with Crippen molar-refractivity contribution in [1.29, 1.82) is 0 Å². The Morgan fingerprint density at radius 3 is 1.86 bits per heavy atom. The first-order valence-corrected chi connectivity index (χ1v) is 7.40. The summed E-state index contributed by atoms with van der Waals surface area (Å²) in [5.41, 5.74) is 7.92. The highest BCUT2D eigenvalue weighted by molar-refractivity contribution is 5.40. The van der Waals surface area contributed by atoms with Crippen molar-refractivity contribution in [3.63, 3.8) is 0 Å². The second-order valence-corrected chi connectivity index (χ2v) is 6.58. The summed E-state index contributed by atoms with van der Waals surface area (Å²) in [5, 5.41) is 0. The quantitative estimate of drug-likeness (QED) is 0.895. The minimum absolute atomic E-state index is 0.0246. The van der Waals surface area contributed by atoms with Crippen LogP contribution in [0.3, 0.4) is 0 Å². The summed E-state index contributed by atoms with van der Waals surface area (Å²) in [6, 6.07) is 18.9. The molecule has 0 aliphatic heterocycles. The molecule has 112 valence electrons. The molecule has 0 spiro atoms. The molecule has 0 amide bonds. The lowest BCUT2D eigenvalue weighted by Crippen LogP contribution is -2.37. The molecule has 0 radical (unpaired) electrons. The normalized spacial score (nSPS) is 12.2. The van der Waals surface area contributed by atoms with Crippen molar-refractivity contribution in [2.24, 2.45) is 5.73 Å². The first kappa shape index (κ1) is 15.6. The zero-order chi connectivity index (χ0) is 15.5. The van der Waals surface area contributed by atoms with Gasteiger partial charge in [-0.15, -0.1) is 0 Å². The van der Waals surface area contributed by atoms with E-state index in [2.05, 4.69) is 50.2 Å². The zero-order valence-corrected chi connectivity index (χ0v) is 13.4. The summed E-state index contributed by atoms with van der Waals surface area (Å²) >= 11 is 0. The highest BCUT2D eigenvalue weighted by Crippen LogP contribution is 2.32. The van der Waals surface area contributed by atoms with Crippen LogP contribution in [-0.4, -0.2) is 12.1 Å². The van der Waals surface area contributed by atoms with Gasteiger partial charge in [-0.05, 0) is 37.1 Å². The van der Waals surface area contributed by atoms with Crippen LogP contribution in [0.15, 0.2) is 54.6 Å². The molecule has 2 N–H and O–H groups in total. The molecule has 0 fully saturated rings. The summed E-state index contributed by atoms with van der Waals surface area (Å²) in [6.07, 6.45) is 0. The summed E-state index contributed by atoms with van der Waals surface area (Å²) in [5.74, 6) is 0.859. The van der Waals surface area contributed by atoms with E-state index in [4.69, 9.17) is 10.5 Å². The van der Waals surface area contributed by atoms with Crippen molar-refractivity contribution in [3.05, 3.63) is 65.7 Å². The summed E-state index contributed by atoms with van der Waals surface area (Å²) in [7, 11) is 0. The Morgan fingerprint density at radius 2 is 1.33 bits per heavy atom. The summed E-state index contributed by atoms with van der Waals surface area (Å²) < 4.78 is 5.90. The molecule has 0 saturated carbocycles. The van der Waals surface area contributed by atoms with Crippen molar-refractivity contribution in [1.82, 2.24) is 0 Å². The van der Waals surface area contributed by atoms with Crippen LogP contribution in [0.1, 0.15) is 38.8 Å². The fourth-order valence-corrected chi connectivity index (χ4v) is 2.32. The molecule has 2 heteroatoms. The predicted molar refractivity (Wildman–Crippen MR) is 88.8 cm³/mol. The van der Waals surface area contributed by atoms with Crippen LogP contribution >= 0.6 is 0 Å². The van der Waals surface area contributed by atoms with Gasteiger partial charge in [0.05, 0.1) is 0 Å². The molecule has 0 aliphatic carbocycles. The van der Waals surface area contributed by atoms with Gasteiger partial charge in [-0.25, -0.2) is 0 Å². The third-order valence-corrected chi connectivity index (χ3v) is 3.96. The van der Waals surface area contributed by atoms with E-state index in [0.29, 0.717) is 6.54 Å². The van der Waals surface area contributed by atoms with E-state index >= 15 is 0 Å². The van der Waals surface area contributed by atoms with Crippen LogP contribution in [-0.2, 0) is 5.41 Å². The van der Waals surface area contributed by atoms with Crippen molar-refractivity contribution in [2.45, 2.75) is 38.7 Å². The SMILES string of the molecule is CC(C)(CN)Oc1ccc(C(C)(C)c2ccccc2)cc1. The maximum Gasteiger partial charge on any atom is 0.120 e. The number of ether oxygens (including phenoxy) is 1. The number of nitrogens with two attached hydrogens (primary N) is 1. The Labute approximate surface area is 127 Å². The van der Waals surface area contributed by atoms with E-state index in [9.17, 15) is 0 Å². The fourth-order valence-electron chi connectivity index (χ4n) is 2.32. The van der Waals surface area contributed by atoms with Gasteiger partial charge in [0.25, 0.3) is 0 Å². The third-order valence-electron chi connectivity index (χ3n) is 3.96. The molecule has 2 nitrogen and oxygen atoms in total. The Balaban J connectivity index is 2.23. The minimum atomic E-state index is -0.337. The molecule has 0 bridgehead atoms. The summed E-state index contributed by atoms with van der Waals surface area (Å²) in [4.78, 5) is 0. The van der Waals surface area contributed by atoms with Gasteiger partial charge < -0.3 is 10.5 Å². The molecule has 0 aromatic heterocycles. The van der Waals surface area contributed by atoms with Crippen LogP contribution in [0.25, 0.3) is 0 Å². The van der Waals surface area contributed by atoms with E-state index < -0.39 is 0 Å². The zero-order valence-electron chi connectivity index (χ0n) is 13.4. The Bertz CT molecular complexity index is 570. The molecular formula is C19H25NO. The topological polar surface area (TPSA) is 35.2 Å². The molecule has 0 aliphatic rings. The number of hydrogen-bond acceptors (Lipinski definition) is 2. The van der Waals surface area contributed by atoms with Crippen molar-refractivity contribution in [3.8, 4) is 5.75 Å².